The standard InChI is InChI=1S/C15H24N4O/c1-10-13(19-16)17-14(11-8-9-11)18-15(10)20-12-6-4-2-3-5-7-12/h11-12H,2-9,16H2,1H3,(H,17,18,19). The van der Waals surface area contributed by atoms with Gasteiger partial charge < -0.3 is 10.2 Å². The minimum atomic E-state index is 0.295. The number of aromatic nitrogens is 2. The number of anilines is 1. The van der Waals surface area contributed by atoms with Crippen molar-refractivity contribution in [2.24, 2.45) is 5.84 Å². The first kappa shape index (κ1) is 13.6. The molecule has 0 aliphatic heterocycles. The van der Waals surface area contributed by atoms with Crippen molar-refractivity contribution in [2.75, 3.05) is 5.43 Å². The van der Waals surface area contributed by atoms with Crippen LogP contribution in [0.3, 0.4) is 0 Å². The second-order valence-corrected chi connectivity index (χ2v) is 6.01. The molecule has 2 aliphatic rings. The zero-order chi connectivity index (χ0) is 13.9. The molecule has 2 saturated carbocycles. The lowest BCUT2D eigenvalue weighted by Gasteiger charge is -2.19. The van der Waals surface area contributed by atoms with Crippen LogP contribution < -0.4 is 16.0 Å². The Morgan fingerprint density at radius 2 is 1.75 bits per heavy atom. The molecule has 0 radical (unpaired) electrons. The summed E-state index contributed by atoms with van der Waals surface area (Å²) in [5.74, 6) is 8.38. The van der Waals surface area contributed by atoms with Gasteiger partial charge in [-0.3, -0.25) is 0 Å². The quantitative estimate of drug-likeness (QED) is 0.502. The van der Waals surface area contributed by atoms with Crippen molar-refractivity contribution < 1.29 is 4.74 Å². The number of nitrogen functional groups attached to an aromatic ring is 1. The number of nitrogens with zero attached hydrogens (tertiary/aromatic N) is 2. The average molecular weight is 276 g/mol. The van der Waals surface area contributed by atoms with Gasteiger partial charge in [-0.05, 0) is 45.4 Å². The minimum Gasteiger partial charge on any atom is -0.474 e. The zero-order valence-electron chi connectivity index (χ0n) is 12.2. The molecule has 0 bridgehead atoms. The fourth-order valence-corrected chi connectivity index (χ4v) is 2.81. The van der Waals surface area contributed by atoms with E-state index in [0.717, 1.165) is 30.1 Å². The van der Waals surface area contributed by atoms with Gasteiger partial charge in [0.15, 0.2) is 0 Å². The molecule has 0 saturated heterocycles. The molecule has 20 heavy (non-hydrogen) atoms. The summed E-state index contributed by atoms with van der Waals surface area (Å²) in [5, 5.41) is 0. The van der Waals surface area contributed by atoms with Gasteiger partial charge in [0.2, 0.25) is 5.88 Å². The zero-order valence-corrected chi connectivity index (χ0v) is 12.2. The molecular weight excluding hydrogens is 252 g/mol. The first-order valence-electron chi connectivity index (χ1n) is 7.79. The smallest absolute Gasteiger partial charge is 0.222 e. The SMILES string of the molecule is Cc1c(NN)nc(C2CC2)nc1OC1CCCCCC1. The molecule has 5 nitrogen and oxygen atoms in total. The van der Waals surface area contributed by atoms with Crippen molar-refractivity contribution in [3.63, 3.8) is 0 Å². The van der Waals surface area contributed by atoms with Crippen LogP contribution >= 0.6 is 0 Å². The lowest BCUT2D eigenvalue weighted by atomic mass is 10.1. The van der Waals surface area contributed by atoms with Crippen LogP contribution in [0.4, 0.5) is 5.82 Å². The van der Waals surface area contributed by atoms with Crippen LogP contribution in [0.15, 0.2) is 0 Å². The number of ether oxygens (including phenoxy) is 1. The number of nitrogens with two attached hydrogens (primary N) is 1. The van der Waals surface area contributed by atoms with Crippen molar-refractivity contribution in [1.82, 2.24) is 9.97 Å². The van der Waals surface area contributed by atoms with Crippen molar-refractivity contribution in [3.05, 3.63) is 11.4 Å². The maximum Gasteiger partial charge on any atom is 0.222 e. The van der Waals surface area contributed by atoms with Gasteiger partial charge in [0.25, 0.3) is 0 Å². The van der Waals surface area contributed by atoms with E-state index in [4.69, 9.17) is 10.6 Å². The number of hydrogen-bond acceptors (Lipinski definition) is 5. The van der Waals surface area contributed by atoms with Gasteiger partial charge in [-0.1, -0.05) is 12.8 Å². The highest BCUT2D eigenvalue weighted by Gasteiger charge is 2.29. The van der Waals surface area contributed by atoms with Crippen LogP contribution in [0.5, 0.6) is 5.88 Å². The van der Waals surface area contributed by atoms with E-state index in [1.54, 1.807) is 0 Å². The molecule has 3 rings (SSSR count). The number of rotatable bonds is 4. The Morgan fingerprint density at radius 3 is 2.35 bits per heavy atom. The van der Waals surface area contributed by atoms with E-state index in [2.05, 4.69) is 15.4 Å². The summed E-state index contributed by atoms with van der Waals surface area (Å²) in [6, 6.07) is 0. The predicted molar refractivity (Wildman–Crippen MR) is 78.7 cm³/mol. The lowest BCUT2D eigenvalue weighted by Crippen LogP contribution is -2.19. The predicted octanol–water partition coefficient (Wildman–Crippen LogP) is 3.05. The van der Waals surface area contributed by atoms with Gasteiger partial charge >= 0.3 is 0 Å². The molecule has 110 valence electrons. The molecule has 3 N–H and O–H groups in total. The van der Waals surface area contributed by atoms with Crippen LogP contribution in [0.1, 0.15) is 68.7 Å². The average Bonchev–Trinajstić information content (AvgIpc) is 3.27. The van der Waals surface area contributed by atoms with Crippen molar-refractivity contribution in [1.29, 1.82) is 0 Å². The van der Waals surface area contributed by atoms with Crippen LogP contribution in [0, 0.1) is 6.92 Å². The first-order chi connectivity index (χ1) is 9.78. The molecule has 1 aromatic heterocycles. The monoisotopic (exact) mass is 276 g/mol. The Labute approximate surface area is 120 Å². The maximum absolute atomic E-state index is 6.18. The summed E-state index contributed by atoms with van der Waals surface area (Å²) in [5.41, 5.74) is 3.59. The third kappa shape index (κ3) is 3.03. The second-order valence-electron chi connectivity index (χ2n) is 6.01. The number of hydrogen-bond donors (Lipinski definition) is 2. The Morgan fingerprint density at radius 1 is 1.05 bits per heavy atom. The van der Waals surface area contributed by atoms with Gasteiger partial charge in [-0.2, -0.15) is 4.98 Å². The summed E-state index contributed by atoms with van der Waals surface area (Å²) in [6.07, 6.45) is 10.1. The Bertz CT molecular complexity index is 465. The highest BCUT2D eigenvalue weighted by molar-refractivity contribution is 5.48. The van der Waals surface area contributed by atoms with Crippen molar-refractivity contribution in [3.8, 4) is 5.88 Å². The molecule has 0 amide bonds. The van der Waals surface area contributed by atoms with E-state index < -0.39 is 0 Å². The van der Waals surface area contributed by atoms with E-state index >= 15 is 0 Å². The van der Waals surface area contributed by atoms with Gasteiger partial charge in [0, 0.05) is 5.92 Å². The summed E-state index contributed by atoms with van der Waals surface area (Å²) in [7, 11) is 0. The second kappa shape index (κ2) is 5.95. The fourth-order valence-electron chi connectivity index (χ4n) is 2.81. The third-order valence-corrected chi connectivity index (χ3v) is 4.28. The van der Waals surface area contributed by atoms with E-state index in [9.17, 15) is 0 Å². The minimum absolute atomic E-state index is 0.295. The highest BCUT2D eigenvalue weighted by Crippen LogP contribution is 2.40. The van der Waals surface area contributed by atoms with Crippen LogP contribution in [-0.4, -0.2) is 16.1 Å². The number of hydrazine groups is 1. The summed E-state index contributed by atoms with van der Waals surface area (Å²) < 4.78 is 6.18. The highest BCUT2D eigenvalue weighted by atomic mass is 16.5. The fraction of sp³-hybridized carbons (Fsp3) is 0.733. The van der Waals surface area contributed by atoms with Crippen molar-refractivity contribution >= 4 is 5.82 Å². The molecule has 2 fully saturated rings. The first-order valence-corrected chi connectivity index (χ1v) is 7.79. The van der Waals surface area contributed by atoms with Crippen molar-refractivity contribution in [2.45, 2.75) is 70.3 Å². The largest absolute Gasteiger partial charge is 0.474 e. The molecule has 0 unspecified atom stereocenters. The Kier molecular flexibility index (Phi) is 4.05. The van der Waals surface area contributed by atoms with E-state index in [0.29, 0.717) is 17.8 Å². The molecule has 5 heteroatoms. The molecule has 0 spiro atoms. The van der Waals surface area contributed by atoms with Crippen LogP contribution in [0.2, 0.25) is 0 Å². The topological polar surface area (TPSA) is 73.1 Å². The summed E-state index contributed by atoms with van der Waals surface area (Å²) in [6.45, 7) is 1.97. The summed E-state index contributed by atoms with van der Waals surface area (Å²) >= 11 is 0. The maximum atomic E-state index is 6.18. The molecule has 0 aromatic carbocycles. The summed E-state index contributed by atoms with van der Waals surface area (Å²) in [4.78, 5) is 9.14. The van der Waals surface area contributed by atoms with Gasteiger partial charge in [0.1, 0.15) is 17.7 Å². The molecular formula is C15H24N4O. The normalized spacial score (nSPS) is 20.5. The van der Waals surface area contributed by atoms with Gasteiger partial charge in [0.05, 0.1) is 5.56 Å². The molecule has 2 aliphatic carbocycles. The number of nitrogens with one attached hydrogen (secondary N) is 1. The van der Waals surface area contributed by atoms with E-state index in [1.807, 2.05) is 6.92 Å². The van der Waals surface area contributed by atoms with Crippen LogP contribution in [-0.2, 0) is 0 Å². The van der Waals surface area contributed by atoms with E-state index in [1.165, 1.54) is 38.5 Å². The molecule has 0 atom stereocenters. The van der Waals surface area contributed by atoms with Gasteiger partial charge in [-0.15, -0.1) is 0 Å². The molecule has 1 heterocycles. The lowest BCUT2D eigenvalue weighted by molar-refractivity contribution is 0.174. The Balaban J connectivity index is 1.81. The third-order valence-electron chi connectivity index (χ3n) is 4.28. The molecule has 1 aromatic rings. The van der Waals surface area contributed by atoms with Gasteiger partial charge in [-0.25, -0.2) is 10.8 Å². The van der Waals surface area contributed by atoms with Crippen LogP contribution in [0.25, 0.3) is 0 Å². The van der Waals surface area contributed by atoms with E-state index in [-0.39, 0.29) is 0 Å². The Hall–Kier alpha value is -1.36.